The molecule has 0 bridgehead atoms. The minimum Gasteiger partial charge on any atom is -0.390 e. The summed E-state index contributed by atoms with van der Waals surface area (Å²) in [6.07, 6.45) is 11.8. The van der Waals surface area contributed by atoms with Crippen LogP contribution in [-0.2, 0) is 0 Å². The molecule has 0 aromatic carbocycles. The van der Waals surface area contributed by atoms with E-state index < -0.39 is 5.60 Å². The van der Waals surface area contributed by atoms with Crippen LogP contribution < -0.4 is 0 Å². The largest absolute Gasteiger partial charge is 0.390 e. The van der Waals surface area contributed by atoms with Crippen molar-refractivity contribution in [3.63, 3.8) is 0 Å². The Labute approximate surface area is 126 Å². The van der Waals surface area contributed by atoms with Gasteiger partial charge in [0, 0.05) is 0 Å². The van der Waals surface area contributed by atoms with Crippen LogP contribution in [0.4, 0.5) is 0 Å². The number of hydrogen-bond acceptors (Lipinski definition) is 1. The lowest BCUT2D eigenvalue weighted by atomic mass is 9.84. The summed E-state index contributed by atoms with van der Waals surface area (Å²) in [6, 6.07) is 0. The number of allylic oxidation sites excluding steroid dienone is 4. The average molecular weight is 277 g/mol. The zero-order chi connectivity index (χ0) is 15.2. The standard InChI is InChI=1S/C19H33O/c1-6-15(2)8-7-12-19(5,20)13-11-18-10-9-16(3)17(4)14-18/h9-10,15,17,20H,1,6-8,11-14H2,2-5H3/q-1. The van der Waals surface area contributed by atoms with E-state index in [1.807, 2.05) is 6.92 Å². The number of hydrogen-bond donors (Lipinski definition) is 1. The third kappa shape index (κ3) is 6.26. The Bertz CT molecular complexity index is 349. The van der Waals surface area contributed by atoms with Gasteiger partial charge in [0.05, 0.1) is 5.60 Å². The van der Waals surface area contributed by atoms with Crippen LogP contribution in [0.1, 0.15) is 72.6 Å². The van der Waals surface area contributed by atoms with Crippen molar-refractivity contribution in [1.82, 2.24) is 0 Å². The molecule has 0 aliphatic heterocycles. The minimum absolute atomic E-state index is 0.513. The SMILES string of the molecule is [CH2-]CC(C)CCCC(C)(O)CCC1=CC=C(C)C(C)C1. The monoisotopic (exact) mass is 277 g/mol. The maximum absolute atomic E-state index is 10.5. The van der Waals surface area contributed by atoms with Gasteiger partial charge in [0.1, 0.15) is 0 Å². The van der Waals surface area contributed by atoms with Gasteiger partial charge in [-0.3, -0.25) is 0 Å². The van der Waals surface area contributed by atoms with Crippen molar-refractivity contribution in [2.75, 3.05) is 0 Å². The van der Waals surface area contributed by atoms with E-state index in [1.165, 1.54) is 17.6 Å². The van der Waals surface area contributed by atoms with Crippen LogP contribution in [0.25, 0.3) is 0 Å². The predicted molar refractivity (Wildman–Crippen MR) is 88.5 cm³/mol. The van der Waals surface area contributed by atoms with Crippen LogP contribution >= 0.6 is 0 Å². The molecule has 0 saturated heterocycles. The highest BCUT2D eigenvalue weighted by molar-refractivity contribution is 5.24. The summed E-state index contributed by atoms with van der Waals surface area (Å²) in [6.45, 7) is 12.7. The molecule has 1 rings (SSSR count). The normalized spacial score (nSPS) is 23.8. The van der Waals surface area contributed by atoms with Gasteiger partial charge in [-0.15, -0.1) is 0 Å². The molecular weight excluding hydrogens is 244 g/mol. The summed E-state index contributed by atoms with van der Waals surface area (Å²) in [7, 11) is 0. The first-order chi connectivity index (χ1) is 9.34. The smallest absolute Gasteiger partial charge is 0.0622 e. The van der Waals surface area contributed by atoms with Crippen molar-refractivity contribution < 1.29 is 5.11 Å². The molecule has 20 heavy (non-hydrogen) atoms. The van der Waals surface area contributed by atoms with Gasteiger partial charge in [-0.05, 0) is 45.4 Å². The molecule has 0 aromatic heterocycles. The van der Waals surface area contributed by atoms with Crippen molar-refractivity contribution in [3.8, 4) is 0 Å². The summed E-state index contributed by atoms with van der Waals surface area (Å²) in [5.74, 6) is 1.35. The van der Waals surface area contributed by atoms with E-state index in [1.54, 1.807) is 0 Å². The van der Waals surface area contributed by atoms with Gasteiger partial charge in [-0.25, -0.2) is 0 Å². The second-order valence-electron chi connectivity index (χ2n) is 7.12. The van der Waals surface area contributed by atoms with Gasteiger partial charge >= 0.3 is 0 Å². The van der Waals surface area contributed by atoms with Crippen LogP contribution in [-0.4, -0.2) is 10.7 Å². The summed E-state index contributed by atoms with van der Waals surface area (Å²) >= 11 is 0. The Morgan fingerprint density at radius 3 is 2.70 bits per heavy atom. The second-order valence-corrected chi connectivity index (χ2v) is 7.12. The summed E-state index contributed by atoms with van der Waals surface area (Å²) < 4.78 is 0. The van der Waals surface area contributed by atoms with Crippen LogP contribution in [0, 0.1) is 18.8 Å². The maximum atomic E-state index is 10.5. The first kappa shape index (κ1) is 17.5. The highest BCUT2D eigenvalue weighted by Gasteiger charge is 2.21. The fourth-order valence-corrected chi connectivity index (χ4v) is 2.75. The molecule has 0 heterocycles. The third-order valence-corrected chi connectivity index (χ3v) is 4.82. The molecule has 0 fully saturated rings. The zero-order valence-electron chi connectivity index (χ0n) is 13.9. The number of rotatable bonds is 8. The molecule has 1 aliphatic rings. The third-order valence-electron chi connectivity index (χ3n) is 4.82. The molecule has 0 radical (unpaired) electrons. The van der Waals surface area contributed by atoms with E-state index in [-0.39, 0.29) is 0 Å². The summed E-state index contributed by atoms with van der Waals surface area (Å²) in [4.78, 5) is 0. The van der Waals surface area contributed by atoms with Crippen molar-refractivity contribution in [3.05, 3.63) is 30.2 Å². The predicted octanol–water partition coefficient (Wildman–Crippen LogP) is 5.46. The molecule has 1 heteroatoms. The second kappa shape index (κ2) is 8.02. The Hall–Kier alpha value is -0.560. The van der Waals surface area contributed by atoms with E-state index in [4.69, 9.17) is 0 Å². The fraction of sp³-hybridized carbons (Fsp3) is 0.737. The molecular formula is C19H33O-. The Kier molecular flexibility index (Phi) is 7.02. The van der Waals surface area contributed by atoms with Gasteiger partial charge in [-0.1, -0.05) is 55.9 Å². The molecule has 0 saturated carbocycles. The molecule has 3 unspecified atom stereocenters. The van der Waals surface area contributed by atoms with E-state index >= 15 is 0 Å². The van der Waals surface area contributed by atoms with Gasteiger partial charge in [0.25, 0.3) is 0 Å². The molecule has 0 aromatic rings. The maximum Gasteiger partial charge on any atom is 0.0622 e. The lowest BCUT2D eigenvalue weighted by molar-refractivity contribution is 0.0385. The first-order valence-electron chi connectivity index (χ1n) is 8.22. The zero-order valence-corrected chi connectivity index (χ0v) is 13.9. The number of aliphatic hydroxyl groups is 1. The molecule has 1 nitrogen and oxygen atoms in total. The minimum atomic E-state index is -0.513. The van der Waals surface area contributed by atoms with Crippen molar-refractivity contribution >= 4 is 0 Å². The van der Waals surface area contributed by atoms with Crippen LogP contribution in [0.15, 0.2) is 23.3 Å². The quantitative estimate of drug-likeness (QED) is 0.584. The van der Waals surface area contributed by atoms with E-state index in [0.29, 0.717) is 11.8 Å². The Balaban J connectivity index is 2.32. The van der Waals surface area contributed by atoms with Gasteiger partial charge in [-0.2, -0.15) is 6.42 Å². The summed E-state index contributed by atoms with van der Waals surface area (Å²) in [5.41, 5.74) is 2.46. The molecule has 3 atom stereocenters. The van der Waals surface area contributed by atoms with Crippen LogP contribution in [0.3, 0.4) is 0 Å². The van der Waals surface area contributed by atoms with Crippen molar-refractivity contribution in [2.24, 2.45) is 11.8 Å². The van der Waals surface area contributed by atoms with E-state index in [9.17, 15) is 5.11 Å². The molecule has 116 valence electrons. The first-order valence-corrected chi connectivity index (χ1v) is 8.22. The summed E-state index contributed by atoms with van der Waals surface area (Å²) in [5, 5.41) is 10.5. The molecule has 0 spiro atoms. The Morgan fingerprint density at radius 2 is 2.10 bits per heavy atom. The highest BCUT2D eigenvalue weighted by atomic mass is 16.3. The lowest BCUT2D eigenvalue weighted by Crippen LogP contribution is -2.24. The van der Waals surface area contributed by atoms with Crippen molar-refractivity contribution in [2.45, 2.75) is 78.2 Å². The lowest BCUT2D eigenvalue weighted by Gasteiger charge is -2.26. The van der Waals surface area contributed by atoms with E-state index in [2.05, 4.69) is 39.8 Å². The van der Waals surface area contributed by atoms with Crippen LogP contribution in [0.5, 0.6) is 0 Å². The highest BCUT2D eigenvalue weighted by Crippen LogP contribution is 2.30. The molecule has 0 amide bonds. The van der Waals surface area contributed by atoms with Crippen LogP contribution in [0.2, 0.25) is 0 Å². The van der Waals surface area contributed by atoms with Gasteiger partial charge in [0.15, 0.2) is 0 Å². The molecule has 1 N–H and O–H groups in total. The topological polar surface area (TPSA) is 20.2 Å². The van der Waals surface area contributed by atoms with Crippen molar-refractivity contribution in [1.29, 1.82) is 0 Å². The van der Waals surface area contributed by atoms with E-state index in [0.717, 1.165) is 38.5 Å². The van der Waals surface area contributed by atoms with Gasteiger partial charge < -0.3 is 12.0 Å². The Morgan fingerprint density at radius 1 is 1.40 bits per heavy atom. The van der Waals surface area contributed by atoms with Gasteiger partial charge in [0.2, 0.25) is 0 Å². The molecule has 1 aliphatic carbocycles. The average Bonchev–Trinajstić information content (AvgIpc) is 2.40. The fourth-order valence-electron chi connectivity index (χ4n) is 2.75.